The molecule has 0 fully saturated rings. The lowest BCUT2D eigenvalue weighted by molar-refractivity contribution is -0.617. The highest BCUT2D eigenvalue weighted by molar-refractivity contribution is 6.26. The Hall–Kier alpha value is -4.63. The first-order valence-electron chi connectivity index (χ1n) is 12.5. The highest BCUT2D eigenvalue weighted by atomic mass is 15.1. The summed E-state index contributed by atoms with van der Waals surface area (Å²) in [5, 5.41) is 9.19. The number of fused-ring (bicyclic) bond motifs is 14. The van der Waals surface area contributed by atoms with Gasteiger partial charge in [-0.2, -0.15) is 4.40 Å². The average Bonchev–Trinajstić information content (AvgIpc) is 3.53. The first-order valence-corrected chi connectivity index (χ1v) is 12.5. The summed E-state index contributed by atoms with van der Waals surface area (Å²) in [5.74, 6) is 0. The maximum atomic E-state index is 2.48. The molecule has 0 bridgehead atoms. The van der Waals surface area contributed by atoms with E-state index in [1.165, 1.54) is 82.0 Å². The monoisotopic (exact) mass is 460 g/mol. The number of hydrogen-bond acceptors (Lipinski definition) is 0. The van der Waals surface area contributed by atoms with Gasteiger partial charge in [-0.3, -0.25) is 0 Å². The van der Waals surface area contributed by atoms with Crippen molar-refractivity contribution in [1.29, 1.82) is 0 Å². The van der Waals surface area contributed by atoms with Crippen LogP contribution in [0.25, 0.3) is 76.5 Å². The van der Waals surface area contributed by atoms with Gasteiger partial charge in [0.25, 0.3) is 5.65 Å². The zero-order valence-corrected chi connectivity index (χ0v) is 20.1. The van der Waals surface area contributed by atoms with E-state index in [4.69, 9.17) is 0 Å². The summed E-state index contributed by atoms with van der Waals surface area (Å²) in [6, 6.07) is 35.9. The molecule has 0 saturated heterocycles. The lowest BCUT2D eigenvalue weighted by atomic mass is 10.00. The molecule has 0 N–H and O–H groups in total. The number of nitrogens with zero attached hydrogens (tertiary/aromatic N) is 3. The topological polar surface area (TPSA) is 12.7 Å². The zero-order valence-electron chi connectivity index (χ0n) is 20.1. The van der Waals surface area contributed by atoms with Crippen molar-refractivity contribution in [3.8, 4) is 0 Å². The maximum absolute atomic E-state index is 2.48. The number of hydrogen-bond donors (Lipinski definition) is 0. The highest BCUT2D eigenvalue weighted by Crippen LogP contribution is 2.42. The quantitative estimate of drug-likeness (QED) is 0.163. The van der Waals surface area contributed by atoms with Crippen molar-refractivity contribution in [2.45, 2.75) is 6.92 Å². The molecule has 0 saturated carbocycles. The van der Waals surface area contributed by atoms with E-state index in [2.05, 4.69) is 124 Å². The Morgan fingerprint density at radius 1 is 0.528 bits per heavy atom. The van der Waals surface area contributed by atoms with Crippen molar-refractivity contribution < 1.29 is 4.57 Å². The Morgan fingerprint density at radius 2 is 1.14 bits per heavy atom. The second kappa shape index (κ2) is 6.13. The number of aromatic nitrogens is 3. The Labute approximate surface area is 206 Å². The maximum Gasteiger partial charge on any atom is 0.295 e. The number of pyridine rings is 1. The van der Waals surface area contributed by atoms with Gasteiger partial charge in [-0.25, -0.2) is 4.57 Å². The molecular formula is C33H22N3+. The van der Waals surface area contributed by atoms with Gasteiger partial charge in [-0.05, 0) is 42.8 Å². The van der Waals surface area contributed by atoms with Crippen molar-refractivity contribution in [2.24, 2.45) is 7.05 Å². The van der Waals surface area contributed by atoms with Crippen molar-refractivity contribution in [2.75, 3.05) is 0 Å². The van der Waals surface area contributed by atoms with Gasteiger partial charge in [-0.15, -0.1) is 0 Å². The lowest BCUT2D eigenvalue weighted by Crippen LogP contribution is -2.27. The molecule has 9 rings (SSSR count). The molecule has 0 spiro atoms. The molecule has 3 nitrogen and oxygen atoms in total. The Kier molecular flexibility index (Phi) is 3.18. The zero-order chi connectivity index (χ0) is 23.7. The Bertz CT molecular complexity index is 2380. The number of benzene rings is 5. The molecule has 9 aromatic rings. The number of rotatable bonds is 0. The van der Waals surface area contributed by atoms with E-state index in [1.807, 2.05) is 0 Å². The minimum Gasteiger partial charge on any atom is -0.308 e. The van der Waals surface area contributed by atoms with Gasteiger partial charge in [0.2, 0.25) is 0 Å². The van der Waals surface area contributed by atoms with E-state index in [-0.39, 0.29) is 0 Å². The second-order valence-electron chi connectivity index (χ2n) is 10.1. The molecule has 0 aliphatic rings. The molecule has 0 radical (unpaired) electrons. The summed E-state index contributed by atoms with van der Waals surface area (Å²) < 4.78 is 7.32. The smallest absolute Gasteiger partial charge is 0.295 e. The molecule has 0 unspecified atom stereocenters. The minimum absolute atomic E-state index is 1.24. The van der Waals surface area contributed by atoms with Gasteiger partial charge in [0.05, 0.1) is 29.0 Å². The van der Waals surface area contributed by atoms with Crippen LogP contribution < -0.4 is 4.57 Å². The number of para-hydroxylation sites is 4. The van der Waals surface area contributed by atoms with E-state index in [0.29, 0.717) is 0 Å². The van der Waals surface area contributed by atoms with Crippen LogP contribution in [0.1, 0.15) is 5.56 Å². The van der Waals surface area contributed by atoms with Crippen LogP contribution in [0.3, 0.4) is 0 Å². The minimum atomic E-state index is 1.24. The van der Waals surface area contributed by atoms with Crippen LogP contribution in [0, 0.1) is 6.92 Å². The van der Waals surface area contributed by atoms with E-state index in [9.17, 15) is 0 Å². The summed E-state index contributed by atoms with van der Waals surface area (Å²) in [4.78, 5) is 0. The third-order valence-corrected chi connectivity index (χ3v) is 8.38. The highest BCUT2D eigenvalue weighted by Gasteiger charge is 2.26. The Morgan fingerprint density at radius 3 is 2.00 bits per heavy atom. The fourth-order valence-electron chi connectivity index (χ4n) is 6.89. The lowest BCUT2D eigenvalue weighted by Gasteiger charge is -2.08. The largest absolute Gasteiger partial charge is 0.308 e. The first-order chi connectivity index (χ1) is 17.7. The van der Waals surface area contributed by atoms with Crippen LogP contribution in [0.15, 0.2) is 97.1 Å². The van der Waals surface area contributed by atoms with E-state index in [0.717, 1.165) is 0 Å². The van der Waals surface area contributed by atoms with Crippen molar-refractivity contribution in [1.82, 2.24) is 8.80 Å². The predicted molar refractivity (Wildman–Crippen MR) is 150 cm³/mol. The molecule has 0 aliphatic heterocycles. The predicted octanol–water partition coefficient (Wildman–Crippen LogP) is 7.68. The van der Waals surface area contributed by atoms with Gasteiger partial charge in [0.15, 0.2) is 11.0 Å². The summed E-state index contributed by atoms with van der Waals surface area (Å²) in [6.45, 7) is 2.23. The first kappa shape index (κ1) is 18.7. The molecule has 0 amide bonds. The van der Waals surface area contributed by atoms with Gasteiger partial charge in [0.1, 0.15) is 5.52 Å². The van der Waals surface area contributed by atoms with Crippen molar-refractivity contribution in [3.05, 3.63) is 103 Å². The van der Waals surface area contributed by atoms with Gasteiger partial charge >= 0.3 is 0 Å². The Balaban J connectivity index is 1.66. The SMILES string of the molecule is Cc1cccc2c3cc4c(cc3n3c5ccccc5[n+](C)c3c12)c1cccc2c3ccccc3n4c21. The van der Waals surface area contributed by atoms with Gasteiger partial charge < -0.3 is 4.40 Å². The molecule has 0 atom stereocenters. The fraction of sp³-hybridized carbons (Fsp3) is 0.0606. The average molecular weight is 461 g/mol. The van der Waals surface area contributed by atoms with E-state index < -0.39 is 0 Å². The normalized spacial score (nSPS) is 12.7. The molecule has 4 heterocycles. The molecular weight excluding hydrogens is 438 g/mol. The van der Waals surface area contributed by atoms with E-state index in [1.54, 1.807) is 0 Å². The summed E-state index contributed by atoms with van der Waals surface area (Å²) in [7, 11) is 2.20. The van der Waals surface area contributed by atoms with Crippen LogP contribution in [-0.4, -0.2) is 8.80 Å². The number of imidazole rings is 1. The van der Waals surface area contributed by atoms with E-state index >= 15 is 0 Å². The third-order valence-electron chi connectivity index (χ3n) is 8.38. The molecule has 168 valence electrons. The third kappa shape index (κ3) is 1.98. The summed E-state index contributed by atoms with van der Waals surface area (Å²) >= 11 is 0. The molecule has 4 aromatic heterocycles. The van der Waals surface area contributed by atoms with Gasteiger partial charge in [0, 0.05) is 32.3 Å². The van der Waals surface area contributed by atoms with Gasteiger partial charge in [-0.1, -0.05) is 66.7 Å². The fourth-order valence-corrected chi connectivity index (χ4v) is 6.89. The number of aryl methyl sites for hydroxylation is 2. The van der Waals surface area contributed by atoms with Crippen LogP contribution in [0.5, 0.6) is 0 Å². The molecule has 0 aliphatic carbocycles. The van der Waals surface area contributed by atoms with Crippen LogP contribution in [-0.2, 0) is 7.05 Å². The standard InChI is InChI=1S/C33H22N3/c1-19-9-7-11-21-24-17-29-25(23-13-8-12-22-20-10-3-4-14-26(20)35(29)32(22)23)18-30(24)36-28-16-6-5-15-27(28)34(2)33(36)31(19)21/h3-18H,1-2H3/q+1. The van der Waals surface area contributed by atoms with Crippen LogP contribution >= 0.6 is 0 Å². The van der Waals surface area contributed by atoms with Crippen LogP contribution in [0.2, 0.25) is 0 Å². The molecule has 5 aromatic carbocycles. The van der Waals surface area contributed by atoms with Crippen molar-refractivity contribution >= 4 is 76.5 Å². The van der Waals surface area contributed by atoms with Crippen LogP contribution in [0.4, 0.5) is 0 Å². The van der Waals surface area contributed by atoms with Crippen molar-refractivity contribution in [3.63, 3.8) is 0 Å². The molecule has 3 heteroatoms. The summed E-state index contributed by atoms with van der Waals surface area (Å²) in [6.07, 6.45) is 0. The summed E-state index contributed by atoms with van der Waals surface area (Å²) in [5.41, 5.74) is 10.2. The molecule has 36 heavy (non-hydrogen) atoms. The second-order valence-corrected chi connectivity index (χ2v) is 10.1.